The van der Waals surface area contributed by atoms with Crippen molar-refractivity contribution in [1.29, 1.82) is 5.26 Å². The maximum Gasteiger partial charge on any atom is 0.326 e. The number of aliphatic hydroxyl groups is 1. The summed E-state index contributed by atoms with van der Waals surface area (Å²) in [6.07, 6.45) is 8.64. The number of hydrogen-bond donors (Lipinski definition) is 4. The lowest BCUT2D eigenvalue weighted by Crippen LogP contribution is -2.65. The average Bonchev–Trinajstić information content (AvgIpc) is 3.33. The van der Waals surface area contributed by atoms with Crippen LogP contribution in [0.1, 0.15) is 64.2 Å². The SMILES string of the molecule is N#C[C@@H]1CCCN1C(=O)CNC12CC3CC(CC(O)(C3)C1)C2.O=C1CCC(C(=O)O)N1. The molecule has 0 aromatic heterocycles. The number of carbonyl (C=O) groups is 3. The molecule has 0 radical (unpaired) electrons. The lowest BCUT2D eigenvalue weighted by Gasteiger charge is -2.60. The van der Waals surface area contributed by atoms with Gasteiger partial charge >= 0.3 is 5.97 Å². The topological polar surface area (TPSA) is 143 Å². The van der Waals surface area contributed by atoms with Gasteiger partial charge in [-0.05, 0) is 69.6 Å². The number of rotatable bonds is 4. The third kappa shape index (κ3) is 4.70. The van der Waals surface area contributed by atoms with E-state index in [2.05, 4.69) is 16.7 Å². The van der Waals surface area contributed by atoms with Crippen LogP contribution in [0.2, 0.25) is 0 Å². The third-order valence-electron chi connectivity index (χ3n) is 7.66. The molecule has 3 unspecified atom stereocenters. The molecule has 4 bridgehead atoms. The molecule has 6 aliphatic rings. The second kappa shape index (κ2) is 8.40. The summed E-state index contributed by atoms with van der Waals surface area (Å²) < 4.78 is 0. The number of hydrogen-bond acceptors (Lipinski definition) is 6. The number of likely N-dealkylation sites (tertiary alicyclic amines) is 1. The first kappa shape index (κ1) is 22.0. The minimum Gasteiger partial charge on any atom is -0.480 e. The number of nitrogens with zero attached hydrogens (tertiary/aromatic N) is 2. The highest BCUT2D eigenvalue weighted by Gasteiger charge is 2.57. The summed E-state index contributed by atoms with van der Waals surface area (Å²) in [5.74, 6) is 0.176. The van der Waals surface area contributed by atoms with Gasteiger partial charge in [0.1, 0.15) is 12.1 Å². The van der Waals surface area contributed by atoms with E-state index in [1.165, 1.54) is 6.42 Å². The lowest BCUT2D eigenvalue weighted by molar-refractivity contribution is -0.147. The third-order valence-corrected chi connectivity index (χ3v) is 7.66. The van der Waals surface area contributed by atoms with Crippen LogP contribution >= 0.6 is 0 Å². The highest BCUT2D eigenvalue weighted by atomic mass is 16.4. The van der Waals surface area contributed by atoms with E-state index in [0.29, 0.717) is 37.8 Å². The first-order valence-corrected chi connectivity index (χ1v) is 11.4. The zero-order valence-corrected chi connectivity index (χ0v) is 17.8. The van der Waals surface area contributed by atoms with E-state index in [0.717, 1.165) is 44.9 Å². The van der Waals surface area contributed by atoms with Gasteiger partial charge < -0.3 is 25.7 Å². The van der Waals surface area contributed by atoms with E-state index >= 15 is 0 Å². The fraction of sp³-hybridized carbons (Fsp3) is 0.818. The first-order valence-electron chi connectivity index (χ1n) is 11.4. The Labute approximate surface area is 182 Å². The van der Waals surface area contributed by atoms with Crippen LogP contribution in [0.5, 0.6) is 0 Å². The summed E-state index contributed by atoms with van der Waals surface area (Å²) in [5, 5.41) is 34.0. The maximum absolute atomic E-state index is 12.4. The minimum absolute atomic E-state index is 0.0453. The summed E-state index contributed by atoms with van der Waals surface area (Å²) >= 11 is 0. The fourth-order valence-electron chi connectivity index (χ4n) is 6.78. The number of aliphatic carboxylic acids is 1. The Balaban J connectivity index is 0.000000217. The van der Waals surface area contributed by atoms with Gasteiger partial charge in [0.2, 0.25) is 11.8 Å². The van der Waals surface area contributed by atoms with Crippen LogP contribution in [-0.4, -0.2) is 69.2 Å². The Morgan fingerprint density at radius 2 is 1.94 bits per heavy atom. The molecule has 0 spiro atoms. The molecule has 31 heavy (non-hydrogen) atoms. The summed E-state index contributed by atoms with van der Waals surface area (Å²) in [6, 6.07) is 1.35. The quantitative estimate of drug-likeness (QED) is 0.507. The van der Waals surface area contributed by atoms with Crippen LogP contribution in [0.25, 0.3) is 0 Å². The molecule has 2 heterocycles. The van der Waals surface area contributed by atoms with Crippen molar-refractivity contribution < 1.29 is 24.6 Å². The van der Waals surface area contributed by atoms with Crippen LogP contribution in [-0.2, 0) is 14.4 Å². The van der Waals surface area contributed by atoms with E-state index in [1.54, 1.807) is 4.90 Å². The maximum atomic E-state index is 12.4. The highest BCUT2D eigenvalue weighted by molar-refractivity contribution is 5.87. The standard InChI is InChI=1S/C17H25N3O2.C5H7NO3/c18-9-14-2-1-3-20(14)15(21)10-19-16-5-12-4-13(6-16)8-17(22,7-12)11-16;7-4-2-1-3(6-4)5(8)9/h12-14,19,22H,1-8,10-11H2;3H,1-2H2,(H,6,7)(H,8,9)/t12?,13?,14-,16?,17?;/m0./s1. The Morgan fingerprint density at radius 1 is 1.23 bits per heavy atom. The Morgan fingerprint density at radius 3 is 2.45 bits per heavy atom. The highest BCUT2D eigenvalue weighted by Crippen LogP contribution is 2.57. The molecule has 2 amide bonds. The largest absolute Gasteiger partial charge is 0.480 e. The fourth-order valence-corrected chi connectivity index (χ4v) is 6.78. The molecule has 2 saturated heterocycles. The summed E-state index contributed by atoms with van der Waals surface area (Å²) in [5.41, 5.74) is -0.542. The van der Waals surface area contributed by atoms with Gasteiger partial charge in [-0.2, -0.15) is 5.26 Å². The Hall–Kier alpha value is -2.18. The van der Waals surface area contributed by atoms with E-state index in [9.17, 15) is 19.5 Å². The summed E-state index contributed by atoms with van der Waals surface area (Å²) in [4.78, 5) is 34.7. The van der Waals surface area contributed by atoms with Gasteiger partial charge in [0.05, 0.1) is 18.2 Å². The van der Waals surface area contributed by atoms with Gasteiger partial charge in [0, 0.05) is 18.5 Å². The molecule has 4 saturated carbocycles. The molecule has 2 aliphatic heterocycles. The van der Waals surface area contributed by atoms with Crippen LogP contribution in [0.4, 0.5) is 0 Å². The van der Waals surface area contributed by atoms with Gasteiger partial charge in [0.25, 0.3) is 0 Å². The van der Waals surface area contributed by atoms with E-state index in [4.69, 9.17) is 10.4 Å². The molecule has 4 N–H and O–H groups in total. The Bertz CT molecular complexity index is 779. The number of nitrogens with one attached hydrogen (secondary N) is 2. The number of carboxylic acids is 1. The van der Waals surface area contributed by atoms with Gasteiger partial charge in [0.15, 0.2) is 0 Å². The van der Waals surface area contributed by atoms with E-state index in [-0.39, 0.29) is 23.4 Å². The molecule has 4 atom stereocenters. The van der Waals surface area contributed by atoms with Crippen LogP contribution in [0.3, 0.4) is 0 Å². The van der Waals surface area contributed by atoms with Crippen molar-refractivity contribution >= 4 is 17.8 Å². The number of carboxylic acid groups (broad SMARTS) is 1. The number of carbonyl (C=O) groups excluding carboxylic acids is 2. The predicted molar refractivity (Wildman–Crippen MR) is 110 cm³/mol. The number of nitriles is 1. The van der Waals surface area contributed by atoms with Crippen LogP contribution in [0, 0.1) is 23.2 Å². The number of amides is 2. The van der Waals surface area contributed by atoms with Crippen molar-refractivity contribution in [2.45, 2.75) is 87.4 Å². The molecule has 6 fully saturated rings. The van der Waals surface area contributed by atoms with Crippen molar-refractivity contribution in [3.63, 3.8) is 0 Å². The van der Waals surface area contributed by atoms with Crippen molar-refractivity contribution in [3.05, 3.63) is 0 Å². The van der Waals surface area contributed by atoms with Crippen molar-refractivity contribution in [3.8, 4) is 6.07 Å². The smallest absolute Gasteiger partial charge is 0.326 e. The van der Waals surface area contributed by atoms with Crippen LogP contribution < -0.4 is 10.6 Å². The summed E-state index contributed by atoms with van der Waals surface area (Å²) in [7, 11) is 0. The average molecular weight is 433 g/mol. The molecular weight excluding hydrogens is 400 g/mol. The molecule has 0 aromatic rings. The molecule has 0 aromatic carbocycles. The zero-order chi connectivity index (χ0) is 22.2. The lowest BCUT2D eigenvalue weighted by atomic mass is 9.51. The molecular formula is C22H32N4O5. The van der Waals surface area contributed by atoms with Gasteiger partial charge in [-0.25, -0.2) is 4.79 Å². The summed E-state index contributed by atoms with van der Waals surface area (Å²) in [6.45, 7) is 1.02. The van der Waals surface area contributed by atoms with E-state index in [1.807, 2.05) is 0 Å². The van der Waals surface area contributed by atoms with Crippen molar-refractivity contribution in [2.24, 2.45) is 11.8 Å². The monoisotopic (exact) mass is 432 g/mol. The van der Waals surface area contributed by atoms with Gasteiger partial charge in [-0.3, -0.25) is 9.59 Å². The second-order valence-electron chi connectivity index (χ2n) is 10.2. The molecule has 170 valence electrons. The predicted octanol–water partition coefficient (Wildman–Crippen LogP) is 0.524. The zero-order valence-electron chi connectivity index (χ0n) is 17.8. The van der Waals surface area contributed by atoms with Crippen LogP contribution in [0.15, 0.2) is 0 Å². The van der Waals surface area contributed by atoms with Gasteiger partial charge in [-0.1, -0.05) is 0 Å². The van der Waals surface area contributed by atoms with Crippen molar-refractivity contribution in [1.82, 2.24) is 15.5 Å². The molecule has 9 heteroatoms. The van der Waals surface area contributed by atoms with Gasteiger partial charge in [-0.15, -0.1) is 0 Å². The normalized spacial score (nSPS) is 40.1. The molecule has 4 aliphatic carbocycles. The van der Waals surface area contributed by atoms with E-state index < -0.39 is 17.6 Å². The Kier molecular flexibility index (Phi) is 5.97. The second-order valence-corrected chi connectivity index (χ2v) is 10.2. The molecule has 6 rings (SSSR count). The minimum atomic E-state index is -0.944. The first-order chi connectivity index (χ1) is 14.7. The van der Waals surface area contributed by atoms with Crippen molar-refractivity contribution in [2.75, 3.05) is 13.1 Å². The molecule has 9 nitrogen and oxygen atoms in total.